The van der Waals surface area contributed by atoms with E-state index in [1.807, 2.05) is 49.3 Å². The Hall–Kier alpha value is -2.73. The Labute approximate surface area is 196 Å². The van der Waals surface area contributed by atoms with Gasteiger partial charge >= 0.3 is 0 Å². The molecule has 2 aromatic carbocycles. The maximum Gasteiger partial charge on any atom is 0.277 e. The van der Waals surface area contributed by atoms with Gasteiger partial charge in [0, 0.05) is 49.2 Å². The maximum absolute atomic E-state index is 12.1. The first-order valence-electron chi connectivity index (χ1n) is 11.0. The average Bonchev–Trinajstić information content (AvgIpc) is 2.73. The third-order valence-electron chi connectivity index (χ3n) is 5.92. The Bertz CT molecular complexity index is 1000. The van der Waals surface area contributed by atoms with Crippen molar-refractivity contribution in [2.24, 2.45) is 5.10 Å². The highest BCUT2D eigenvalue weighted by Gasteiger charge is 2.35. The zero-order chi connectivity index (χ0) is 23.5. The number of amides is 1. The molecule has 0 saturated heterocycles. The largest absolute Gasteiger partial charge is 0.484 e. The van der Waals surface area contributed by atoms with Gasteiger partial charge in [0.25, 0.3) is 5.91 Å². The van der Waals surface area contributed by atoms with E-state index in [-0.39, 0.29) is 18.1 Å². The Morgan fingerprint density at radius 1 is 1.34 bits per heavy atom. The summed E-state index contributed by atoms with van der Waals surface area (Å²) in [7, 11) is 3.90. The smallest absolute Gasteiger partial charge is 0.277 e. The van der Waals surface area contributed by atoms with E-state index in [4.69, 9.17) is 16.3 Å². The first-order valence-corrected chi connectivity index (χ1v) is 11.3. The second kappa shape index (κ2) is 9.82. The lowest BCUT2D eigenvalue weighted by Crippen LogP contribution is -2.48. The van der Waals surface area contributed by atoms with Gasteiger partial charge in [0.05, 0.1) is 11.2 Å². The molecular weight excluding hydrogens is 424 g/mol. The minimum atomic E-state index is -0.335. The number of hydrogen-bond donors (Lipinski definition) is 1. The van der Waals surface area contributed by atoms with E-state index in [2.05, 4.69) is 49.2 Å². The van der Waals surface area contributed by atoms with Gasteiger partial charge in [-0.25, -0.2) is 5.43 Å². The van der Waals surface area contributed by atoms with Gasteiger partial charge in [-0.1, -0.05) is 24.6 Å². The highest BCUT2D eigenvalue weighted by Crippen LogP contribution is 2.44. The molecule has 0 radical (unpaired) electrons. The molecule has 0 saturated carbocycles. The van der Waals surface area contributed by atoms with Crippen LogP contribution in [0.4, 0.5) is 11.4 Å². The quantitative estimate of drug-likeness (QED) is 0.468. The number of fused-ring (bicyclic) bond motifs is 1. The van der Waals surface area contributed by atoms with Crippen LogP contribution in [0.15, 0.2) is 41.5 Å². The van der Waals surface area contributed by atoms with Crippen LogP contribution in [0.1, 0.15) is 51.2 Å². The van der Waals surface area contributed by atoms with Crippen molar-refractivity contribution in [1.82, 2.24) is 5.43 Å². The lowest BCUT2D eigenvalue weighted by Gasteiger charge is -2.47. The molecule has 1 N–H and O–H groups in total. The molecule has 0 aromatic heterocycles. The molecule has 1 atom stereocenters. The van der Waals surface area contributed by atoms with E-state index < -0.39 is 0 Å². The number of hydrazone groups is 1. The molecule has 1 heterocycles. The number of nitrogens with one attached hydrogen (secondary N) is 1. The molecule has 6 nitrogen and oxygen atoms in total. The standard InChI is InChI=1S/C25H33ClN4O2/c1-7-30-23-13-22(26)18(11-21(23)17(2)14-25(30,3)4)15-27-28-24(31)16-32-20-10-8-9-19(12-20)29(5)6/h8-13,15,17H,7,14,16H2,1-6H3,(H,28,31)/b27-15+. The SMILES string of the molecule is CCN1c2cc(Cl)c(/C=N/NC(=O)COc3cccc(N(C)C)c3)cc2C(C)CC1(C)C. The first-order chi connectivity index (χ1) is 15.1. The van der Waals surface area contributed by atoms with Crippen molar-refractivity contribution in [2.45, 2.75) is 45.6 Å². The molecule has 1 aliphatic rings. The van der Waals surface area contributed by atoms with Gasteiger partial charge in [-0.15, -0.1) is 0 Å². The zero-order valence-corrected chi connectivity index (χ0v) is 20.5. The fourth-order valence-corrected chi connectivity index (χ4v) is 4.63. The van der Waals surface area contributed by atoms with Crippen LogP contribution in [0, 0.1) is 0 Å². The molecule has 1 amide bonds. The van der Waals surface area contributed by atoms with Crippen LogP contribution in [0.2, 0.25) is 5.02 Å². The zero-order valence-electron chi connectivity index (χ0n) is 19.8. The highest BCUT2D eigenvalue weighted by atomic mass is 35.5. The van der Waals surface area contributed by atoms with Crippen LogP contribution in [0.3, 0.4) is 0 Å². The fourth-order valence-electron chi connectivity index (χ4n) is 4.42. The predicted molar refractivity (Wildman–Crippen MR) is 134 cm³/mol. The van der Waals surface area contributed by atoms with Crippen LogP contribution >= 0.6 is 11.6 Å². The Kier molecular flexibility index (Phi) is 7.34. The van der Waals surface area contributed by atoms with Crippen molar-refractivity contribution >= 4 is 35.1 Å². The maximum atomic E-state index is 12.1. The minimum absolute atomic E-state index is 0.0835. The van der Waals surface area contributed by atoms with Gasteiger partial charge in [-0.3, -0.25) is 4.79 Å². The molecule has 0 fully saturated rings. The lowest BCUT2D eigenvalue weighted by molar-refractivity contribution is -0.123. The molecule has 0 bridgehead atoms. The predicted octanol–water partition coefficient (Wildman–Crippen LogP) is 5.05. The van der Waals surface area contributed by atoms with Crippen LogP contribution in [-0.2, 0) is 4.79 Å². The summed E-state index contributed by atoms with van der Waals surface area (Å²) in [5.41, 5.74) is 6.82. The topological polar surface area (TPSA) is 57.2 Å². The summed E-state index contributed by atoms with van der Waals surface area (Å²) in [6.07, 6.45) is 2.66. The number of hydrogen-bond acceptors (Lipinski definition) is 5. The van der Waals surface area contributed by atoms with E-state index in [0.29, 0.717) is 16.7 Å². The molecule has 7 heteroatoms. The Morgan fingerprint density at radius 2 is 2.09 bits per heavy atom. The number of carbonyl (C=O) groups excluding carboxylic acids is 1. The molecule has 3 rings (SSSR count). The summed E-state index contributed by atoms with van der Waals surface area (Å²) >= 11 is 6.56. The third-order valence-corrected chi connectivity index (χ3v) is 6.24. The van der Waals surface area contributed by atoms with Crippen molar-refractivity contribution in [1.29, 1.82) is 0 Å². The molecule has 32 heavy (non-hydrogen) atoms. The number of nitrogens with zero attached hydrogens (tertiary/aromatic N) is 3. The molecule has 172 valence electrons. The lowest BCUT2D eigenvalue weighted by atomic mass is 9.79. The summed E-state index contributed by atoms with van der Waals surface area (Å²) in [4.78, 5) is 16.5. The molecule has 0 spiro atoms. The number of ether oxygens (including phenoxy) is 1. The summed E-state index contributed by atoms with van der Waals surface area (Å²) in [6.45, 7) is 9.75. The van der Waals surface area contributed by atoms with Crippen LogP contribution < -0.4 is 20.0 Å². The van der Waals surface area contributed by atoms with Gasteiger partial charge < -0.3 is 14.5 Å². The Morgan fingerprint density at radius 3 is 2.78 bits per heavy atom. The number of anilines is 2. The first kappa shape index (κ1) is 23.9. The van der Waals surface area contributed by atoms with Crippen molar-refractivity contribution in [2.75, 3.05) is 37.0 Å². The molecule has 1 aliphatic heterocycles. The van der Waals surface area contributed by atoms with Crippen molar-refractivity contribution in [3.63, 3.8) is 0 Å². The molecule has 0 aliphatic carbocycles. The monoisotopic (exact) mass is 456 g/mol. The molecule has 1 unspecified atom stereocenters. The summed E-state index contributed by atoms with van der Waals surface area (Å²) in [6, 6.07) is 11.7. The van der Waals surface area contributed by atoms with Gasteiger partial charge in [0.1, 0.15) is 5.75 Å². The summed E-state index contributed by atoms with van der Waals surface area (Å²) in [5, 5.41) is 4.70. The van der Waals surface area contributed by atoms with Gasteiger partial charge in [0.2, 0.25) is 0 Å². The molecular formula is C25H33ClN4O2. The van der Waals surface area contributed by atoms with E-state index in [1.165, 1.54) is 11.3 Å². The molecule has 2 aromatic rings. The van der Waals surface area contributed by atoms with Gasteiger partial charge in [0.15, 0.2) is 6.61 Å². The van der Waals surface area contributed by atoms with E-state index in [1.54, 1.807) is 6.21 Å². The fraction of sp³-hybridized carbons (Fsp3) is 0.440. The number of benzene rings is 2. The van der Waals surface area contributed by atoms with Gasteiger partial charge in [-0.05, 0) is 62.9 Å². The number of rotatable bonds is 7. The Balaban J connectivity index is 1.65. The van der Waals surface area contributed by atoms with Crippen molar-refractivity contribution in [3.8, 4) is 5.75 Å². The van der Waals surface area contributed by atoms with E-state index in [0.717, 1.165) is 24.2 Å². The number of halogens is 1. The van der Waals surface area contributed by atoms with E-state index in [9.17, 15) is 4.79 Å². The van der Waals surface area contributed by atoms with E-state index >= 15 is 0 Å². The van der Waals surface area contributed by atoms with Crippen LogP contribution in [0.25, 0.3) is 0 Å². The second-order valence-electron chi connectivity index (χ2n) is 9.07. The third kappa shape index (κ3) is 5.36. The highest BCUT2D eigenvalue weighted by molar-refractivity contribution is 6.33. The summed E-state index contributed by atoms with van der Waals surface area (Å²) in [5.74, 6) is 0.705. The van der Waals surface area contributed by atoms with Crippen LogP contribution in [-0.4, -0.2) is 44.9 Å². The normalized spacial score (nSPS) is 17.2. The summed E-state index contributed by atoms with van der Waals surface area (Å²) < 4.78 is 5.57. The van der Waals surface area contributed by atoms with Crippen molar-refractivity contribution in [3.05, 3.63) is 52.5 Å². The van der Waals surface area contributed by atoms with Crippen molar-refractivity contribution < 1.29 is 9.53 Å². The minimum Gasteiger partial charge on any atom is -0.484 e. The number of carbonyl (C=O) groups is 1. The van der Waals surface area contributed by atoms with Crippen LogP contribution in [0.5, 0.6) is 5.75 Å². The average molecular weight is 457 g/mol. The second-order valence-corrected chi connectivity index (χ2v) is 9.48. The van der Waals surface area contributed by atoms with Gasteiger partial charge in [-0.2, -0.15) is 5.10 Å².